The van der Waals surface area contributed by atoms with Gasteiger partial charge in [-0.1, -0.05) is 13.8 Å². The summed E-state index contributed by atoms with van der Waals surface area (Å²) in [5.41, 5.74) is 0. The molecule has 0 saturated heterocycles. The van der Waals surface area contributed by atoms with Crippen LogP contribution in [0.25, 0.3) is 0 Å². The van der Waals surface area contributed by atoms with E-state index in [0.717, 1.165) is 13.1 Å². The molecule has 0 aromatic carbocycles. The highest BCUT2D eigenvalue weighted by molar-refractivity contribution is 6.69. The van der Waals surface area contributed by atoms with Crippen LogP contribution in [0.5, 0.6) is 0 Å². The Hall–Kier alpha value is 0.137. The van der Waals surface area contributed by atoms with Gasteiger partial charge in [0.1, 0.15) is 0 Å². The Balaban J connectivity index is 3.63. The highest BCUT2D eigenvalue weighted by Crippen LogP contribution is 2.05. The van der Waals surface area contributed by atoms with Gasteiger partial charge in [-0.15, -0.1) is 0 Å². The number of hydrogen-bond donors (Lipinski definition) is 0. The zero-order valence-electron chi connectivity index (χ0n) is 7.77. The van der Waals surface area contributed by atoms with Crippen LogP contribution in [0.15, 0.2) is 0 Å². The van der Waals surface area contributed by atoms with Crippen molar-refractivity contribution in [3.05, 3.63) is 0 Å². The molecule has 0 aliphatic rings. The highest BCUT2D eigenvalue weighted by Gasteiger charge is 2.17. The Morgan fingerprint density at radius 1 is 1.10 bits per heavy atom. The van der Waals surface area contributed by atoms with Crippen LogP contribution in [0.4, 0.5) is 0 Å². The molecule has 0 rings (SSSR count). The molecule has 0 aromatic rings. The van der Waals surface area contributed by atoms with Crippen molar-refractivity contribution in [2.45, 2.75) is 33.5 Å². The Kier molecular flexibility index (Phi) is 4.16. The Morgan fingerprint density at radius 2 is 1.50 bits per heavy atom. The largest absolute Gasteiger partial charge is 0.343 e. The molecular formula is C7H19NOSi. The summed E-state index contributed by atoms with van der Waals surface area (Å²) in [7, 11) is -1.34. The molecule has 0 heterocycles. The lowest BCUT2D eigenvalue weighted by Crippen LogP contribution is -2.37. The minimum absolute atomic E-state index is 0.987. The molecule has 0 aliphatic heterocycles. The van der Waals surface area contributed by atoms with Crippen LogP contribution in [-0.2, 0) is 4.53 Å². The van der Waals surface area contributed by atoms with Gasteiger partial charge < -0.3 is 4.53 Å². The predicted octanol–water partition coefficient (Wildman–Crippen LogP) is 2.09. The minimum atomic E-state index is -1.34. The van der Waals surface area contributed by atoms with Gasteiger partial charge in [0.05, 0.1) is 0 Å². The number of rotatable bonds is 4. The van der Waals surface area contributed by atoms with Gasteiger partial charge in [-0.2, -0.15) is 0 Å². The monoisotopic (exact) mass is 161 g/mol. The summed E-state index contributed by atoms with van der Waals surface area (Å²) in [5, 5.41) is 2.02. The molecule has 10 heavy (non-hydrogen) atoms. The van der Waals surface area contributed by atoms with Crippen LogP contribution in [0.1, 0.15) is 13.8 Å². The third-order valence-electron chi connectivity index (χ3n) is 1.11. The summed E-state index contributed by atoms with van der Waals surface area (Å²) < 4.78 is 5.71. The van der Waals surface area contributed by atoms with Crippen molar-refractivity contribution in [2.24, 2.45) is 0 Å². The molecule has 0 radical (unpaired) electrons. The van der Waals surface area contributed by atoms with E-state index < -0.39 is 8.32 Å². The van der Waals surface area contributed by atoms with E-state index in [1.165, 1.54) is 0 Å². The third-order valence-corrected chi connectivity index (χ3v) is 1.91. The van der Waals surface area contributed by atoms with Gasteiger partial charge in [0.2, 0.25) is 8.32 Å². The maximum absolute atomic E-state index is 5.71. The van der Waals surface area contributed by atoms with Crippen molar-refractivity contribution in [2.75, 3.05) is 13.1 Å². The summed E-state index contributed by atoms with van der Waals surface area (Å²) in [6, 6.07) is 0. The van der Waals surface area contributed by atoms with E-state index in [1.54, 1.807) is 0 Å². The van der Waals surface area contributed by atoms with E-state index in [-0.39, 0.29) is 0 Å². The van der Waals surface area contributed by atoms with Gasteiger partial charge in [0, 0.05) is 13.1 Å². The van der Waals surface area contributed by atoms with Crippen molar-refractivity contribution in [3.63, 3.8) is 0 Å². The fourth-order valence-corrected chi connectivity index (χ4v) is 1.77. The van der Waals surface area contributed by atoms with E-state index >= 15 is 0 Å². The lowest BCUT2D eigenvalue weighted by molar-refractivity contribution is -0.0583. The molecule has 3 heteroatoms. The van der Waals surface area contributed by atoms with Gasteiger partial charge in [0.15, 0.2) is 0 Å². The lowest BCUT2D eigenvalue weighted by atomic mass is 10.6. The standard InChI is InChI=1S/C7H19NOSi/c1-6-8(7-2)9-10(3,4)5/h6-7H2,1-5H3. The molecule has 0 aliphatic carbocycles. The smallest absolute Gasteiger partial charge is 0.212 e. The van der Waals surface area contributed by atoms with Crippen molar-refractivity contribution in [1.29, 1.82) is 0 Å². The first-order valence-electron chi connectivity index (χ1n) is 3.93. The average molecular weight is 161 g/mol. The first-order valence-corrected chi connectivity index (χ1v) is 7.34. The Labute approximate surface area is 65.3 Å². The predicted molar refractivity (Wildman–Crippen MR) is 47.4 cm³/mol. The molecule has 0 N–H and O–H groups in total. The summed E-state index contributed by atoms with van der Waals surface area (Å²) in [4.78, 5) is 0. The van der Waals surface area contributed by atoms with E-state index in [4.69, 9.17) is 4.53 Å². The highest BCUT2D eigenvalue weighted by atomic mass is 28.4. The van der Waals surface area contributed by atoms with E-state index in [1.807, 2.05) is 5.06 Å². The molecule has 0 aromatic heterocycles. The van der Waals surface area contributed by atoms with Crippen molar-refractivity contribution in [3.8, 4) is 0 Å². The molecule has 62 valence electrons. The SMILES string of the molecule is CCN(CC)O[Si](C)(C)C. The Bertz CT molecular complexity index is 86.1. The summed E-state index contributed by atoms with van der Waals surface area (Å²) >= 11 is 0. The second-order valence-electron chi connectivity index (χ2n) is 3.32. The maximum atomic E-state index is 5.71. The summed E-state index contributed by atoms with van der Waals surface area (Å²) in [6.07, 6.45) is 0. The van der Waals surface area contributed by atoms with Gasteiger partial charge in [-0.05, 0) is 19.6 Å². The number of hydrogen-bond acceptors (Lipinski definition) is 2. The van der Waals surface area contributed by atoms with E-state index in [2.05, 4.69) is 33.5 Å². The molecule has 2 nitrogen and oxygen atoms in total. The van der Waals surface area contributed by atoms with Crippen LogP contribution >= 0.6 is 0 Å². The lowest BCUT2D eigenvalue weighted by Gasteiger charge is -2.26. The summed E-state index contributed by atoms with van der Waals surface area (Å²) in [5.74, 6) is 0. The van der Waals surface area contributed by atoms with Gasteiger partial charge in [0.25, 0.3) is 0 Å². The quantitative estimate of drug-likeness (QED) is 0.462. The van der Waals surface area contributed by atoms with Gasteiger partial charge >= 0.3 is 0 Å². The first kappa shape index (κ1) is 10.1. The molecule has 0 amide bonds. The zero-order valence-corrected chi connectivity index (χ0v) is 8.77. The minimum Gasteiger partial charge on any atom is -0.343 e. The fraction of sp³-hybridized carbons (Fsp3) is 1.00. The van der Waals surface area contributed by atoms with Crippen LogP contribution in [0, 0.1) is 0 Å². The normalized spacial score (nSPS) is 12.6. The van der Waals surface area contributed by atoms with Crippen LogP contribution in [0.2, 0.25) is 19.6 Å². The van der Waals surface area contributed by atoms with Crippen LogP contribution < -0.4 is 0 Å². The van der Waals surface area contributed by atoms with Crippen molar-refractivity contribution in [1.82, 2.24) is 5.06 Å². The summed E-state index contributed by atoms with van der Waals surface area (Å²) in [6.45, 7) is 12.8. The van der Waals surface area contributed by atoms with Gasteiger partial charge in [-0.3, -0.25) is 0 Å². The average Bonchev–Trinajstić information content (AvgIpc) is 1.81. The van der Waals surface area contributed by atoms with Crippen molar-refractivity contribution >= 4 is 8.32 Å². The van der Waals surface area contributed by atoms with Gasteiger partial charge in [-0.25, -0.2) is 5.06 Å². The van der Waals surface area contributed by atoms with Crippen LogP contribution in [0.3, 0.4) is 0 Å². The fourth-order valence-electron chi connectivity index (χ4n) is 0.740. The molecule has 0 bridgehead atoms. The molecule has 0 saturated carbocycles. The third kappa shape index (κ3) is 4.96. The second kappa shape index (κ2) is 4.11. The van der Waals surface area contributed by atoms with E-state index in [9.17, 15) is 0 Å². The molecule has 0 unspecified atom stereocenters. The molecular weight excluding hydrogens is 142 g/mol. The maximum Gasteiger partial charge on any atom is 0.212 e. The number of nitrogens with zero attached hydrogens (tertiary/aromatic N) is 1. The van der Waals surface area contributed by atoms with Crippen LogP contribution in [-0.4, -0.2) is 26.5 Å². The number of hydroxylamine groups is 2. The zero-order chi connectivity index (χ0) is 8.20. The Morgan fingerprint density at radius 3 is 1.60 bits per heavy atom. The van der Waals surface area contributed by atoms with E-state index in [0.29, 0.717) is 0 Å². The topological polar surface area (TPSA) is 12.5 Å². The first-order chi connectivity index (χ1) is 4.49. The molecule has 0 spiro atoms. The second-order valence-corrected chi connectivity index (χ2v) is 7.73. The molecule has 0 fully saturated rings. The van der Waals surface area contributed by atoms with Crippen molar-refractivity contribution < 1.29 is 4.53 Å². The molecule has 0 atom stereocenters.